The Balaban J connectivity index is 1.85. The molecule has 0 fully saturated rings. The minimum atomic E-state index is -0.541. The molecule has 0 unspecified atom stereocenters. The van der Waals surface area contributed by atoms with Crippen molar-refractivity contribution in [3.63, 3.8) is 0 Å². The maximum Gasteiger partial charge on any atom is 0.273 e. The summed E-state index contributed by atoms with van der Waals surface area (Å²) in [5, 5.41) is 16.1. The number of hydrogen-bond donors (Lipinski definition) is 2. The lowest BCUT2D eigenvalue weighted by Crippen LogP contribution is -2.36. The smallest absolute Gasteiger partial charge is 0.273 e. The fourth-order valence-corrected chi connectivity index (χ4v) is 2.39. The SMILES string of the molecule is Cc1ccc(C(=O)NCC(=O)NCc2ccc(N(C)C)cc2)cc1[N+](=O)[O-]. The summed E-state index contributed by atoms with van der Waals surface area (Å²) in [5.41, 5.74) is 2.47. The van der Waals surface area contributed by atoms with Crippen molar-refractivity contribution in [2.45, 2.75) is 13.5 Å². The van der Waals surface area contributed by atoms with Gasteiger partial charge in [0.15, 0.2) is 0 Å². The standard InChI is InChI=1S/C19H22N4O4/c1-13-4-7-15(10-17(13)23(26)27)19(25)21-12-18(24)20-11-14-5-8-16(9-6-14)22(2)3/h4-10H,11-12H2,1-3H3,(H,20,24)(H,21,25). The third-order valence-electron chi connectivity index (χ3n) is 4.02. The zero-order valence-electron chi connectivity index (χ0n) is 15.5. The molecule has 2 rings (SSSR count). The van der Waals surface area contributed by atoms with E-state index in [9.17, 15) is 19.7 Å². The van der Waals surface area contributed by atoms with E-state index in [4.69, 9.17) is 0 Å². The summed E-state index contributed by atoms with van der Waals surface area (Å²) in [6.45, 7) is 1.73. The summed E-state index contributed by atoms with van der Waals surface area (Å²) in [5.74, 6) is -0.884. The summed E-state index contributed by atoms with van der Waals surface area (Å²) in [6.07, 6.45) is 0. The number of carbonyl (C=O) groups excluding carboxylic acids is 2. The van der Waals surface area contributed by atoms with Gasteiger partial charge in [-0.2, -0.15) is 0 Å². The molecule has 27 heavy (non-hydrogen) atoms. The Morgan fingerprint density at radius 3 is 2.33 bits per heavy atom. The second kappa shape index (κ2) is 8.79. The van der Waals surface area contributed by atoms with E-state index < -0.39 is 10.8 Å². The molecule has 8 nitrogen and oxygen atoms in total. The van der Waals surface area contributed by atoms with Crippen LogP contribution in [-0.2, 0) is 11.3 Å². The summed E-state index contributed by atoms with van der Waals surface area (Å²) in [4.78, 5) is 36.4. The van der Waals surface area contributed by atoms with E-state index in [1.165, 1.54) is 18.2 Å². The average molecular weight is 370 g/mol. The molecule has 0 heterocycles. The molecule has 0 aliphatic heterocycles. The molecule has 0 saturated heterocycles. The van der Waals surface area contributed by atoms with Crippen molar-refractivity contribution in [1.82, 2.24) is 10.6 Å². The zero-order chi connectivity index (χ0) is 20.0. The highest BCUT2D eigenvalue weighted by molar-refractivity contribution is 5.97. The third kappa shape index (κ3) is 5.53. The first-order chi connectivity index (χ1) is 12.8. The number of rotatable bonds is 7. The van der Waals surface area contributed by atoms with Crippen LogP contribution in [0.1, 0.15) is 21.5 Å². The Labute approximate surface area is 157 Å². The highest BCUT2D eigenvalue weighted by Crippen LogP contribution is 2.19. The van der Waals surface area contributed by atoms with Gasteiger partial charge in [0.25, 0.3) is 11.6 Å². The molecule has 0 spiro atoms. The molecule has 2 N–H and O–H groups in total. The van der Waals surface area contributed by atoms with Crippen molar-refractivity contribution >= 4 is 23.2 Å². The predicted octanol–water partition coefficient (Wildman–Crippen LogP) is 2.02. The number of hydrogen-bond acceptors (Lipinski definition) is 5. The van der Waals surface area contributed by atoms with E-state index in [1.807, 2.05) is 43.3 Å². The molecule has 0 atom stereocenters. The van der Waals surface area contributed by atoms with Gasteiger partial charge in [0, 0.05) is 43.5 Å². The van der Waals surface area contributed by atoms with Crippen molar-refractivity contribution in [3.8, 4) is 0 Å². The van der Waals surface area contributed by atoms with Crippen LogP contribution in [0.25, 0.3) is 0 Å². The van der Waals surface area contributed by atoms with Crippen LogP contribution in [0.3, 0.4) is 0 Å². The maximum absolute atomic E-state index is 12.1. The van der Waals surface area contributed by atoms with Crippen molar-refractivity contribution in [1.29, 1.82) is 0 Å². The van der Waals surface area contributed by atoms with Crippen LogP contribution >= 0.6 is 0 Å². The zero-order valence-corrected chi connectivity index (χ0v) is 15.5. The van der Waals surface area contributed by atoms with Crippen molar-refractivity contribution < 1.29 is 14.5 Å². The van der Waals surface area contributed by atoms with Gasteiger partial charge in [-0.25, -0.2) is 0 Å². The lowest BCUT2D eigenvalue weighted by molar-refractivity contribution is -0.385. The van der Waals surface area contributed by atoms with Gasteiger partial charge in [-0.05, 0) is 30.7 Å². The Bertz CT molecular complexity index is 847. The van der Waals surface area contributed by atoms with Crippen molar-refractivity contribution in [2.24, 2.45) is 0 Å². The van der Waals surface area contributed by atoms with Gasteiger partial charge in [0.05, 0.1) is 11.5 Å². The number of nitro benzene ring substituents is 1. The molecule has 0 radical (unpaired) electrons. The number of nitro groups is 1. The van der Waals surface area contributed by atoms with Crippen LogP contribution in [-0.4, -0.2) is 37.4 Å². The van der Waals surface area contributed by atoms with Crippen LogP contribution in [0.5, 0.6) is 0 Å². The number of aryl methyl sites for hydroxylation is 1. The van der Waals surface area contributed by atoms with E-state index in [1.54, 1.807) is 6.92 Å². The number of benzene rings is 2. The number of amides is 2. The second-order valence-electron chi connectivity index (χ2n) is 6.28. The number of nitrogens with one attached hydrogen (secondary N) is 2. The predicted molar refractivity (Wildman–Crippen MR) is 103 cm³/mol. The van der Waals surface area contributed by atoms with Crippen LogP contribution in [0.4, 0.5) is 11.4 Å². The van der Waals surface area contributed by atoms with Gasteiger partial charge in [-0.1, -0.05) is 18.2 Å². The molecule has 8 heteroatoms. The molecule has 2 aromatic carbocycles. The number of carbonyl (C=O) groups is 2. The Hall–Kier alpha value is -3.42. The van der Waals surface area contributed by atoms with Gasteiger partial charge in [0.2, 0.25) is 5.91 Å². The Kier molecular flexibility index (Phi) is 6.48. The van der Waals surface area contributed by atoms with E-state index in [2.05, 4.69) is 10.6 Å². The molecule has 0 bridgehead atoms. The third-order valence-corrected chi connectivity index (χ3v) is 4.02. The molecule has 0 saturated carbocycles. The number of anilines is 1. The van der Waals surface area contributed by atoms with Gasteiger partial charge < -0.3 is 15.5 Å². The Morgan fingerprint density at radius 2 is 1.74 bits per heavy atom. The summed E-state index contributed by atoms with van der Waals surface area (Å²) < 4.78 is 0. The van der Waals surface area contributed by atoms with Gasteiger partial charge in [0.1, 0.15) is 0 Å². The molecular formula is C19H22N4O4. The highest BCUT2D eigenvalue weighted by Gasteiger charge is 2.15. The number of nitrogens with zero attached hydrogens (tertiary/aromatic N) is 2. The highest BCUT2D eigenvalue weighted by atomic mass is 16.6. The van der Waals surface area contributed by atoms with Crippen LogP contribution < -0.4 is 15.5 Å². The quantitative estimate of drug-likeness (QED) is 0.573. The largest absolute Gasteiger partial charge is 0.378 e. The van der Waals surface area contributed by atoms with E-state index in [0.29, 0.717) is 12.1 Å². The van der Waals surface area contributed by atoms with E-state index >= 15 is 0 Å². The fourth-order valence-electron chi connectivity index (χ4n) is 2.39. The monoisotopic (exact) mass is 370 g/mol. The summed E-state index contributed by atoms with van der Waals surface area (Å²) >= 11 is 0. The lowest BCUT2D eigenvalue weighted by Gasteiger charge is -2.13. The van der Waals surface area contributed by atoms with Gasteiger partial charge in [-0.15, -0.1) is 0 Å². The fraction of sp³-hybridized carbons (Fsp3) is 0.263. The molecular weight excluding hydrogens is 348 g/mol. The molecule has 0 aromatic heterocycles. The van der Waals surface area contributed by atoms with Gasteiger partial charge in [-0.3, -0.25) is 19.7 Å². The first-order valence-electron chi connectivity index (χ1n) is 8.34. The molecule has 142 valence electrons. The average Bonchev–Trinajstić information content (AvgIpc) is 2.64. The first kappa shape index (κ1) is 19.9. The topological polar surface area (TPSA) is 105 Å². The first-order valence-corrected chi connectivity index (χ1v) is 8.34. The maximum atomic E-state index is 12.1. The molecule has 2 aromatic rings. The summed E-state index contributed by atoms with van der Waals surface area (Å²) in [6, 6.07) is 11.9. The second-order valence-corrected chi connectivity index (χ2v) is 6.28. The summed E-state index contributed by atoms with van der Waals surface area (Å²) in [7, 11) is 3.89. The molecule has 0 aliphatic carbocycles. The normalized spacial score (nSPS) is 10.2. The van der Waals surface area contributed by atoms with Gasteiger partial charge >= 0.3 is 0 Å². The van der Waals surface area contributed by atoms with Crippen molar-refractivity contribution in [3.05, 3.63) is 69.3 Å². The van der Waals surface area contributed by atoms with E-state index in [-0.39, 0.29) is 23.7 Å². The van der Waals surface area contributed by atoms with E-state index in [0.717, 1.165) is 11.3 Å². The van der Waals surface area contributed by atoms with Crippen LogP contribution in [0.15, 0.2) is 42.5 Å². The minimum absolute atomic E-state index is 0.131. The lowest BCUT2D eigenvalue weighted by atomic mass is 10.1. The Morgan fingerprint density at radius 1 is 1.07 bits per heavy atom. The van der Waals surface area contributed by atoms with Crippen LogP contribution in [0, 0.1) is 17.0 Å². The molecule has 2 amide bonds. The van der Waals surface area contributed by atoms with Crippen molar-refractivity contribution in [2.75, 3.05) is 25.5 Å². The van der Waals surface area contributed by atoms with Crippen LogP contribution in [0.2, 0.25) is 0 Å². The minimum Gasteiger partial charge on any atom is -0.378 e. The molecule has 0 aliphatic rings.